The first-order chi connectivity index (χ1) is 7.56. The van der Waals surface area contributed by atoms with Gasteiger partial charge in [0.2, 0.25) is 0 Å². The van der Waals surface area contributed by atoms with Crippen molar-refractivity contribution < 1.29 is 0 Å². The Kier molecular flexibility index (Phi) is 3.55. The van der Waals surface area contributed by atoms with Gasteiger partial charge in [0.05, 0.1) is 0 Å². The Morgan fingerprint density at radius 2 is 1.94 bits per heavy atom. The van der Waals surface area contributed by atoms with Crippen molar-refractivity contribution in [1.29, 1.82) is 0 Å². The molecule has 2 nitrogen and oxygen atoms in total. The standard InChI is InChI=1S/C13H19BrN2/c1-9-6-16(7-10(9)2)8-11-3-4-12(14)5-13(11)15/h3-5,9-10H,6-8,15H2,1-2H3. The summed E-state index contributed by atoms with van der Waals surface area (Å²) in [5.41, 5.74) is 8.14. The van der Waals surface area contributed by atoms with Gasteiger partial charge in [0.15, 0.2) is 0 Å². The van der Waals surface area contributed by atoms with Gasteiger partial charge in [-0.1, -0.05) is 35.8 Å². The predicted molar refractivity (Wildman–Crippen MR) is 72.2 cm³/mol. The molecule has 1 aliphatic heterocycles. The molecule has 1 fully saturated rings. The molecule has 3 heteroatoms. The lowest BCUT2D eigenvalue weighted by Crippen LogP contribution is -2.20. The van der Waals surface area contributed by atoms with E-state index >= 15 is 0 Å². The zero-order chi connectivity index (χ0) is 11.7. The maximum atomic E-state index is 6.01. The van der Waals surface area contributed by atoms with Crippen molar-refractivity contribution in [3.8, 4) is 0 Å². The third-order valence-corrected chi connectivity index (χ3v) is 4.06. The molecule has 1 saturated heterocycles. The number of halogens is 1. The second kappa shape index (κ2) is 4.76. The fraction of sp³-hybridized carbons (Fsp3) is 0.538. The fourth-order valence-corrected chi connectivity index (χ4v) is 2.71. The second-order valence-electron chi connectivity index (χ2n) is 4.99. The molecular formula is C13H19BrN2. The lowest BCUT2D eigenvalue weighted by Gasteiger charge is -2.16. The summed E-state index contributed by atoms with van der Waals surface area (Å²) in [6.45, 7) is 8.02. The third kappa shape index (κ3) is 2.58. The number of hydrogen-bond acceptors (Lipinski definition) is 2. The first kappa shape index (κ1) is 11.9. The van der Waals surface area contributed by atoms with Crippen LogP contribution in [0, 0.1) is 11.8 Å². The van der Waals surface area contributed by atoms with Crippen LogP contribution in [0.5, 0.6) is 0 Å². The maximum Gasteiger partial charge on any atom is 0.0371 e. The van der Waals surface area contributed by atoms with Gasteiger partial charge in [-0.15, -0.1) is 0 Å². The number of rotatable bonds is 2. The Bertz CT molecular complexity index is 368. The summed E-state index contributed by atoms with van der Waals surface area (Å²) < 4.78 is 1.05. The van der Waals surface area contributed by atoms with Gasteiger partial charge in [0.1, 0.15) is 0 Å². The monoisotopic (exact) mass is 282 g/mol. The fourth-order valence-electron chi connectivity index (χ4n) is 2.33. The van der Waals surface area contributed by atoms with E-state index in [4.69, 9.17) is 5.73 Å². The summed E-state index contributed by atoms with van der Waals surface area (Å²) in [6.07, 6.45) is 0. The molecule has 2 unspecified atom stereocenters. The number of nitrogens with zero attached hydrogens (tertiary/aromatic N) is 1. The average molecular weight is 283 g/mol. The molecule has 2 rings (SSSR count). The summed E-state index contributed by atoms with van der Waals surface area (Å²) in [5.74, 6) is 1.60. The molecule has 1 aliphatic rings. The van der Waals surface area contributed by atoms with Crippen LogP contribution in [0.4, 0.5) is 5.69 Å². The van der Waals surface area contributed by atoms with Gasteiger partial charge in [0.25, 0.3) is 0 Å². The molecule has 1 heterocycles. The Morgan fingerprint density at radius 3 is 2.50 bits per heavy atom. The molecule has 1 aromatic rings. The van der Waals surface area contributed by atoms with Gasteiger partial charge in [0, 0.05) is 29.8 Å². The SMILES string of the molecule is CC1CN(Cc2ccc(Br)cc2N)CC1C. The summed E-state index contributed by atoms with van der Waals surface area (Å²) >= 11 is 3.43. The van der Waals surface area contributed by atoms with Gasteiger partial charge in [-0.05, 0) is 29.5 Å². The number of benzene rings is 1. The van der Waals surface area contributed by atoms with Gasteiger partial charge in [-0.3, -0.25) is 4.90 Å². The van der Waals surface area contributed by atoms with Crippen LogP contribution in [0.1, 0.15) is 19.4 Å². The van der Waals surface area contributed by atoms with Crippen molar-refractivity contribution >= 4 is 21.6 Å². The highest BCUT2D eigenvalue weighted by Gasteiger charge is 2.25. The molecule has 0 saturated carbocycles. The van der Waals surface area contributed by atoms with E-state index in [2.05, 4.69) is 46.8 Å². The average Bonchev–Trinajstić information content (AvgIpc) is 2.51. The van der Waals surface area contributed by atoms with E-state index < -0.39 is 0 Å². The largest absolute Gasteiger partial charge is 0.398 e. The first-order valence-corrected chi connectivity index (χ1v) is 6.62. The highest BCUT2D eigenvalue weighted by molar-refractivity contribution is 9.10. The zero-order valence-corrected chi connectivity index (χ0v) is 11.5. The van der Waals surface area contributed by atoms with Crippen LogP contribution in [0.2, 0.25) is 0 Å². The van der Waals surface area contributed by atoms with Crippen LogP contribution in [0.25, 0.3) is 0 Å². The Balaban J connectivity index is 2.05. The number of nitrogen functional groups attached to an aromatic ring is 1. The van der Waals surface area contributed by atoms with E-state index in [1.54, 1.807) is 0 Å². The molecule has 0 amide bonds. The Hall–Kier alpha value is -0.540. The molecule has 0 spiro atoms. The minimum atomic E-state index is 0.802. The third-order valence-electron chi connectivity index (χ3n) is 3.57. The van der Waals surface area contributed by atoms with Crippen LogP contribution in [0.15, 0.2) is 22.7 Å². The first-order valence-electron chi connectivity index (χ1n) is 5.82. The van der Waals surface area contributed by atoms with Crippen molar-refractivity contribution in [2.24, 2.45) is 11.8 Å². The number of likely N-dealkylation sites (tertiary alicyclic amines) is 1. The van der Waals surface area contributed by atoms with Crippen LogP contribution < -0.4 is 5.73 Å². The van der Waals surface area contributed by atoms with Crippen molar-refractivity contribution in [2.75, 3.05) is 18.8 Å². The smallest absolute Gasteiger partial charge is 0.0371 e. The molecule has 0 bridgehead atoms. The number of anilines is 1. The molecule has 2 atom stereocenters. The minimum absolute atomic E-state index is 0.802. The molecule has 88 valence electrons. The van der Waals surface area contributed by atoms with E-state index in [0.717, 1.165) is 28.5 Å². The highest BCUT2D eigenvalue weighted by Crippen LogP contribution is 2.26. The van der Waals surface area contributed by atoms with E-state index in [0.29, 0.717) is 0 Å². The van der Waals surface area contributed by atoms with Crippen molar-refractivity contribution in [1.82, 2.24) is 4.90 Å². The van der Waals surface area contributed by atoms with Crippen LogP contribution >= 0.6 is 15.9 Å². The molecule has 0 aliphatic carbocycles. The quantitative estimate of drug-likeness (QED) is 0.845. The number of nitrogens with two attached hydrogens (primary N) is 1. The van der Waals surface area contributed by atoms with Gasteiger partial charge >= 0.3 is 0 Å². The molecule has 2 N–H and O–H groups in total. The normalized spacial score (nSPS) is 26.2. The van der Waals surface area contributed by atoms with E-state index in [-0.39, 0.29) is 0 Å². The Morgan fingerprint density at radius 1 is 1.31 bits per heavy atom. The van der Waals surface area contributed by atoms with E-state index in [1.807, 2.05) is 6.07 Å². The molecule has 0 radical (unpaired) electrons. The molecule has 0 aromatic heterocycles. The van der Waals surface area contributed by atoms with Crippen LogP contribution in [0.3, 0.4) is 0 Å². The van der Waals surface area contributed by atoms with Crippen molar-refractivity contribution in [3.63, 3.8) is 0 Å². The van der Waals surface area contributed by atoms with Gasteiger partial charge in [-0.2, -0.15) is 0 Å². The Labute approximate surface area is 106 Å². The van der Waals surface area contributed by atoms with Crippen molar-refractivity contribution in [2.45, 2.75) is 20.4 Å². The molecule has 16 heavy (non-hydrogen) atoms. The lowest BCUT2D eigenvalue weighted by molar-refractivity contribution is 0.316. The summed E-state index contributed by atoms with van der Waals surface area (Å²) in [6, 6.07) is 6.17. The topological polar surface area (TPSA) is 29.3 Å². The van der Waals surface area contributed by atoms with Crippen molar-refractivity contribution in [3.05, 3.63) is 28.2 Å². The van der Waals surface area contributed by atoms with Gasteiger partial charge in [-0.25, -0.2) is 0 Å². The maximum absolute atomic E-state index is 6.01. The minimum Gasteiger partial charge on any atom is -0.398 e. The second-order valence-corrected chi connectivity index (χ2v) is 5.91. The lowest BCUT2D eigenvalue weighted by atomic mass is 10.0. The molecular weight excluding hydrogens is 264 g/mol. The summed E-state index contributed by atoms with van der Waals surface area (Å²) in [4.78, 5) is 2.49. The van der Waals surface area contributed by atoms with E-state index in [1.165, 1.54) is 18.7 Å². The van der Waals surface area contributed by atoms with E-state index in [9.17, 15) is 0 Å². The zero-order valence-electron chi connectivity index (χ0n) is 9.91. The van der Waals surface area contributed by atoms with Gasteiger partial charge < -0.3 is 5.73 Å². The number of hydrogen-bond donors (Lipinski definition) is 1. The van der Waals surface area contributed by atoms with Crippen LogP contribution in [-0.2, 0) is 6.54 Å². The summed E-state index contributed by atoms with van der Waals surface area (Å²) in [5, 5.41) is 0. The summed E-state index contributed by atoms with van der Waals surface area (Å²) in [7, 11) is 0. The molecule has 1 aromatic carbocycles. The highest BCUT2D eigenvalue weighted by atomic mass is 79.9. The predicted octanol–water partition coefficient (Wildman–Crippen LogP) is 3.12. The van der Waals surface area contributed by atoms with Crippen LogP contribution in [-0.4, -0.2) is 18.0 Å².